The minimum atomic E-state index is -0.0653. The van der Waals surface area contributed by atoms with Crippen molar-refractivity contribution >= 4 is 11.7 Å². The van der Waals surface area contributed by atoms with Gasteiger partial charge in [0.05, 0.1) is 17.1 Å². The molecular weight excluding hydrogens is 280 g/mol. The lowest BCUT2D eigenvalue weighted by atomic mass is 9.77. The molecule has 0 radical (unpaired) electrons. The first-order chi connectivity index (χ1) is 10.5. The van der Waals surface area contributed by atoms with Crippen LogP contribution in [0, 0.1) is 19.3 Å². The van der Waals surface area contributed by atoms with Crippen LogP contribution in [0.4, 0.5) is 10.5 Å². The van der Waals surface area contributed by atoms with Crippen molar-refractivity contribution in [1.82, 2.24) is 14.7 Å². The summed E-state index contributed by atoms with van der Waals surface area (Å²) in [5, 5.41) is 17.0. The Kier molecular flexibility index (Phi) is 5.11. The SMILES string of the molecule is CCn1nc(C)c(NC(=O)N2CCC(CC)(CO)CC2)c1C. The standard InChI is InChI=1S/C16H28N4O2/c1-5-16(11-21)7-9-19(10-8-16)15(22)17-14-12(3)18-20(6-2)13(14)4/h21H,5-11H2,1-4H3,(H,17,22). The minimum Gasteiger partial charge on any atom is -0.396 e. The van der Waals surface area contributed by atoms with E-state index in [1.807, 2.05) is 30.4 Å². The Hall–Kier alpha value is -1.56. The summed E-state index contributed by atoms with van der Waals surface area (Å²) in [5.41, 5.74) is 2.66. The molecule has 6 nitrogen and oxygen atoms in total. The normalized spacial score (nSPS) is 17.6. The second-order valence-corrected chi connectivity index (χ2v) is 6.29. The smallest absolute Gasteiger partial charge is 0.321 e. The number of piperidine rings is 1. The molecule has 2 rings (SSSR count). The van der Waals surface area contributed by atoms with Crippen LogP contribution in [-0.2, 0) is 6.54 Å². The zero-order chi connectivity index (χ0) is 16.3. The van der Waals surface area contributed by atoms with Crippen molar-refractivity contribution in [3.05, 3.63) is 11.4 Å². The Labute approximate surface area is 132 Å². The molecule has 1 saturated heterocycles. The summed E-state index contributed by atoms with van der Waals surface area (Å²) in [5.74, 6) is 0. The fraction of sp³-hybridized carbons (Fsp3) is 0.750. The monoisotopic (exact) mass is 308 g/mol. The van der Waals surface area contributed by atoms with Crippen LogP contribution in [0.5, 0.6) is 0 Å². The Morgan fingerprint density at radius 1 is 1.32 bits per heavy atom. The summed E-state index contributed by atoms with van der Waals surface area (Å²) < 4.78 is 1.90. The summed E-state index contributed by atoms with van der Waals surface area (Å²) in [7, 11) is 0. The first-order valence-corrected chi connectivity index (χ1v) is 8.17. The molecule has 0 spiro atoms. The van der Waals surface area contributed by atoms with Gasteiger partial charge in [-0.1, -0.05) is 6.92 Å². The highest BCUT2D eigenvalue weighted by molar-refractivity contribution is 5.90. The molecule has 0 unspecified atom stereocenters. The van der Waals surface area contributed by atoms with E-state index in [9.17, 15) is 9.90 Å². The van der Waals surface area contributed by atoms with Gasteiger partial charge in [-0.15, -0.1) is 0 Å². The number of likely N-dealkylation sites (tertiary alicyclic amines) is 1. The molecule has 124 valence electrons. The van der Waals surface area contributed by atoms with E-state index in [1.54, 1.807) is 0 Å². The number of carbonyl (C=O) groups is 1. The van der Waals surface area contributed by atoms with Crippen LogP contribution < -0.4 is 5.32 Å². The number of hydrogen-bond acceptors (Lipinski definition) is 3. The second kappa shape index (κ2) is 6.69. The van der Waals surface area contributed by atoms with Crippen LogP contribution >= 0.6 is 0 Å². The molecule has 1 aromatic heterocycles. The van der Waals surface area contributed by atoms with Gasteiger partial charge >= 0.3 is 6.03 Å². The maximum Gasteiger partial charge on any atom is 0.321 e. The Balaban J connectivity index is 2.01. The fourth-order valence-electron chi connectivity index (χ4n) is 3.18. The number of urea groups is 1. The average molecular weight is 308 g/mol. The van der Waals surface area contributed by atoms with Gasteiger partial charge in [-0.25, -0.2) is 4.79 Å². The van der Waals surface area contributed by atoms with Gasteiger partial charge in [0, 0.05) is 26.2 Å². The fourth-order valence-corrected chi connectivity index (χ4v) is 3.18. The van der Waals surface area contributed by atoms with Crippen LogP contribution in [0.1, 0.15) is 44.5 Å². The predicted octanol–water partition coefficient (Wildman–Crippen LogP) is 2.54. The lowest BCUT2D eigenvalue weighted by molar-refractivity contribution is 0.0542. The third-order valence-corrected chi connectivity index (χ3v) is 5.11. The molecule has 6 heteroatoms. The van der Waals surface area contributed by atoms with Crippen molar-refractivity contribution < 1.29 is 9.90 Å². The third kappa shape index (κ3) is 3.11. The van der Waals surface area contributed by atoms with E-state index >= 15 is 0 Å². The molecule has 2 amide bonds. The number of aliphatic hydroxyl groups is 1. The minimum absolute atomic E-state index is 0.00426. The van der Waals surface area contributed by atoms with Gasteiger partial charge in [0.1, 0.15) is 0 Å². The topological polar surface area (TPSA) is 70.4 Å². The largest absolute Gasteiger partial charge is 0.396 e. The van der Waals surface area contributed by atoms with Crippen LogP contribution in [0.15, 0.2) is 0 Å². The number of rotatable bonds is 4. The van der Waals surface area contributed by atoms with Gasteiger partial charge < -0.3 is 15.3 Å². The van der Waals surface area contributed by atoms with Gasteiger partial charge in [-0.05, 0) is 45.4 Å². The van der Waals surface area contributed by atoms with Crippen molar-refractivity contribution in [2.75, 3.05) is 25.0 Å². The zero-order valence-corrected chi connectivity index (χ0v) is 14.1. The van der Waals surface area contributed by atoms with Gasteiger partial charge in [0.25, 0.3) is 0 Å². The number of aliphatic hydroxyl groups excluding tert-OH is 1. The van der Waals surface area contributed by atoms with E-state index in [4.69, 9.17) is 0 Å². The van der Waals surface area contributed by atoms with Gasteiger partial charge in [0.15, 0.2) is 0 Å². The lowest BCUT2D eigenvalue weighted by Crippen LogP contribution is -2.46. The van der Waals surface area contributed by atoms with Crippen LogP contribution in [0.25, 0.3) is 0 Å². The highest BCUT2D eigenvalue weighted by Crippen LogP contribution is 2.34. The van der Waals surface area contributed by atoms with E-state index < -0.39 is 0 Å². The number of nitrogens with one attached hydrogen (secondary N) is 1. The highest BCUT2D eigenvalue weighted by atomic mass is 16.3. The maximum atomic E-state index is 12.5. The Morgan fingerprint density at radius 2 is 1.95 bits per heavy atom. The van der Waals surface area contributed by atoms with E-state index in [0.29, 0.717) is 13.1 Å². The van der Waals surface area contributed by atoms with Crippen molar-refractivity contribution in [1.29, 1.82) is 0 Å². The van der Waals surface area contributed by atoms with Crippen LogP contribution in [0.2, 0.25) is 0 Å². The van der Waals surface area contributed by atoms with Crippen LogP contribution in [-0.4, -0.2) is 45.5 Å². The van der Waals surface area contributed by atoms with E-state index in [-0.39, 0.29) is 18.1 Å². The molecule has 0 bridgehead atoms. The average Bonchev–Trinajstić information content (AvgIpc) is 2.82. The Morgan fingerprint density at radius 3 is 2.41 bits per heavy atom. The first kappa shape index (κ1) is 16.8. The lowest BCUT2D eigenvalue weighted by Gasteiger charge is -2.40. The molecule has 0 saturated carbocycles. The molecule has 22 heavy (non-hydrogen) atoms. The summed E-state index contributed by atoms with van der Waals surface area (Å²) in [6.45, 7) is 10.4. The maximum absolute atomic E-state index is 12.5. The Bertz CT molecular complexity index is 524. The van der Waals surface area contributed by atoms with Crippen LogP contribution in [0.3, 0.4) is 0 Å². The first-order valence-electron chi connectivity index (χ1n) is 8.17. The van der Waals surface area contributed by atoms with Gasteiger partial charge in [-0.2, -0.15) is 5.10 Å². The summed E-state index contributed by atoms with van der Waals surface area (Å²) >= 11 is 0. The van der Waals surface area contributed by atoms with Crippen molar-refractivity contribution in [2.45, 2.75) is 53.5 Å². The molecule has 1 aromatic rings. The number of amides is 2. The van der Waals surface area contributed by atoms with E-state index in [1.165, 1.54) is 0 Å². The van der Waals surface area contributed by atoms with Crippen molar-refractivity contribution in [2.24, 2.45) is 5.41 Å². The number of anilines is 1. The number of aromatic nitrogens is 2. The highest BCUT2D eigenvalue weighted by Gasteiger charge is 2.34. The number of nitrogens with zero attached hydrogens (tertiary/aromatic N) is 3. The third-order valence-electron chi connectivity index (χ3n) is 5.11. The molecule has 0 aromatic carbocycles. The number of carbonyl (C=O) groups excluding carboxylic acids is 1. The molecule has 1 aliphatic heterocycles. The summed E-state index contributed by atoms with van der Waals surface area (Å²) in [6, 6.07) is -0.0653. The molecule has 1 fully saturated rings. The molecule has 1 aliphatic rings. The summed E-state index contributed by atoms with van der Waals surface area (Å²) in [6.07, 6.45) is 2.68. The number of hydrogen-bond donors (Lipinski definition) is 2. The summed E-state index contributed by atoms with van der Waals surface area (Å²) in [4.78, 5) is 14.3. The molecule has 0 aliphatic carbocycles. The molecule has 0 atom stereocenters. The van der Waals surface area contributed by atoms with E-state index in [0.717, 1.165) is 42.9 Å². The number of aryl methyl sites for hydroxylation is 2. The van der Waals surface area contributed by atoms with Gasteiger partial charge in [-0.3, -0.25) is 4.68 Å². The van der Waals surface area contributed by atoms with E-state index in [2.05, 4.69) is 17.3 Å². The van der Waals surface area contributed by atoms with Crippen molar-refractivity contribution in [3.63, 3.8) is 0 Å². The molecular formula is C16H28N4O2. The molecule has 2 heterocycles. The molecule has 2 N–H and O–H groups in total. The van der Waals surface area contributed by atoms with Crippen molar-refractivity contribution in [3.8, 4) is 0 Å². The quantitative estimate of drug-likeness (QED) is 0.898. The predicted molar refractivity (Wildman–Crippen MR) is 87.0 cm³/mol. The zero-order valence-electron chi connectivity index (χ0n) is 14.1. The second-order valence-electron chi connectivity index (χ2n) is 6.29. The van der Waals surface area contributed by atoms with Gasteiger partial charge in [0.2, 0.25) is 0 Å².